The normalized spacial score (nSPS) is 25.9. The summed E-state index contributed by atoms with van der Waals surface area (Å²) in [6, 6.07) is 4.10. The molecule has 1 saturated carbocycles. The second-order valence-corrected chi connectivity index (χ2v) is 9.37. The lowest BCUT2D eigenvalue weighted by Crippen LogP contribution is -2.59. The first-order valence-corrected chi connectivity index (χ1v) is 10.2. The van der Waals surface area contributed by atoms with Crippen molar-refractivity contribution in [3.8, 4) is 0 Å². The SMILES string of the molecule is Cc1cc(C)c(NC(=O)CCCN2C(=O)C3CCC(C)(C2=O)C3(C)C)c(C)c1. The Morgan fingerprint density at radius 1 is 1.14 bits per heavy atom. The Kier molecular flexibility index (Phi) is 5.15. The molecule has 2 bridgehead atoms. The van der Waals surface area contributed by atoms with E-state index < -0.39 is 5.41 Å². The molecule has 2 fully saturated rings. The molecule has 1 saturated heterocycles. The van der Waals surface area contributed by atoms with Crippen LogP contribution in [0, 0.1) is 37.5 Å². The van der Waals surface area contributed by atoms with Crippen LogP contribution in [0.3, 0.4) is 0 Å². The van der Waals surface area contributed by atoms with Crippen molar-refractivity contribution in [3.63, 3.8) is 0 Å². The fourth-order valence-electron chi connectivity index (χ4n) is 5.09. The highest BCUT2D eigenvalue weighted by Gasteiger charge is 2.64. The van der Waals surface area contributed by atoms with Crippen LogP contribution in [0.5, 0.6) is 0 Å². The van der Waals surface area contributed by atoms with Gasteiger partial charge in [0.25, 0.3) is 0 Å². The number of hydrogen-bond acceptors (Lipinski definition) is 3. The Labute approximate surface area is 167 Å². The first kappa shape index (κ1) is 20.6. The highest BCUT2D eigenvalue weighted by atomic mass is 16.2. The summed E-state index contributed by atoms with van der Waals surface area (Å²) < 4.78 is 0. The van der Waals surface area contributed by atoms with Crippen LogP contribution < -0.4 is 5.32 Å². The first-order chi connectivity index (χ1) is 13.0. The van der Waals surface area contributed by atoms with E-state index in [-0.39, 0.29) is 35.5 Å². The third-order valence-electron chi connectivity index (χ3n) is 7.23. The van der Waals surface area contributed by atoms with Gasteiger partial charge in [0.05, 0.1) is 5.41 Å². The molecule has 152 valence electrons. The predicted molar refractivity (Wildman–Crippen MR) is 110 cm³/mol. The van der Waals surface area contributed by atoms with Crippen LogP contribution in [0.15, 0.2) is 12.1 Å². The number of likely N-dealkylation sites (tertiary alicyclic amines) is 1. The zero-order chi connectivity index (χ0) is 20.9. The lowest BCUT2D eigenvalue weighted by molar-refractivity contribution is -0.168. The number of nitrogens with zero attached hydrogens (tertiary/aromatic N) is 1. The quantitative estimate of drug-likeness (QED) is 0.776. The zero-order valence-electron chi connectivity index (χ0n) is 17.9. The van der Waals surface area contributed by atoms with Crippen molar-refractivity contribution in [2.45, 2.75) is 67.2 Å². The van der Waals surface area contributed by atoms with E-state index in [4.69, 9.17) is 0 Å². The summed E-state index contributed by atoms with van der Waals surface area (Å²) in [7, 11) is 0. The highest BCUT2D eigenvalue weighted by Crippen LogP contribution is 2.60. The van der Waals surface area contributed by atoms with Gasteiger partial charge in [-0.15, -0.1) is 0 Å². The van der Waals surface area contributed by atoms with Crippen molar-refractivity contribution in [2.75, 3.05) is 11.9 Å². The number of benzene rings is 1. The van der Waals surface area contributed by atoms with Crippen LogP contribution in [-0.4, -0.2) is 29.2 Å². The molecule has 5 heteroatoms. The monoisotopic (exact) mass is 384 g/mol. The maximum Gasteiger partial charge on any atom is 0.235 e. The number of imide groups is 1. The van der Waals surface area contributed by atoms with Gasteiger partial charge in [0, 0.05) is 24.6 Å². The molecule has 2 aliphatic rings. The summed E-state index contributed by atoms with van der Waals surface area (Å²) in [6.07, 6.45) is 2.31. The summed E-state index contributed by atoms with van der Waals surface area (Å²) in [5.74, 6) is -0.305. The van der Waals surface area contributed by atoms with Gasteiger partial charge in [0.15, 0.2) is 0 Å². The van der Waals surface area contributed by atoms with E-state index >= 15 is 0 Å². The molecular weight excluding hydrogens is 352 g/mol. The molecule has 3 rings (SSSR count). The van der Waals surface area contributed by atoms with Gasteiger partial charge in [-0.3, -0.25) is 19.3 Å². The lowest BCUT2D eigenvalue weighted by Gasteiger charge is -2.47. The Bertz CT molecular complexity index is 819. The summed E-state index contributed by atoms with van der Waals surface area (Å²) in [4.78, 5) is 39.7. The van der Waals surface area contributed by atoms with Crippen molar-refractivity contribution in [3.05, 3.63) is 28.8 Å². The topological polar surface area (TPSA) is 66.5 Å². The van der Waals surface area contributed by atoms with Crippen LogP contribution in [-0.2, 0) is 14.4 Å². The first-order valence-electron chi connectivity index (χ1n) is 10.2. The van der Waals surface area contributed by atoms with Gasteiger partial charge in [0.2, 0.25) is 17.7 Å². The summed E-state index contributed by atoms with van der Waals surface area (Å²) in [5.41, 5.74) is 3.33. The minimum Gasteiger partial charge on any atom is -0.326 e. The van der Waals surface area contributed by atoms with Crippen molar-refractivity contribution < 1.29 is 14.4 Å². The van der Waals surface area contributed by atoms with Gasteiger partial charge in [-0.25, -0.2) is 0 Å². The van der Waals surface area contributed by atoms with Gasteiger partial charge in [-0.05, 0) is 56.6 Å². The Balaban J connectivity index is 1.61. The molecule has 28 heavy (non-hydrogen) atoms. The molecule has 2 unspecified atom stereocenters. The molecule has 5 nitrogen and oxygen atoms in total. The number of hydrogen-bond donors (Lipinski definition) is 1. The number of carbonyl (C=O) groups excluding carboxylic acids is 3. The summed E-state index contributed by atoms with van der Waals surface area (Å²) >= 11 is 0. The number of rotatable bonds is 5. The highest BCUT2D eigenvalue weighted by molar-refractivity contribution is 6.03. The third-order valence-corrected chi connectivity index (χ3v) is 7.23. The van der Waals surface area contributed by atoms with Crippen LogP contribution in [0.25, 0.3) is 0 Å². The Morgan fingerprint density at radius 2 is 1.75 bits per heavy atom. The number of aryl methyl sites for hydroxylation is 3. The average Bonchev–Trinajstić information content (AvgIpc) is 2.78. The predicted octanol–water partition coefficient (Wildman–Crippen LogP) is 4.14. The summed E-state index contributed by atoms with van der Waals surface area (Å²) in [5, 5.41) is 2.99. The van der Waals surface area contributed by atoms with Gasteiger partial charge in [0.1, 0.15) is 0 Å². The minimum atomic E-state index is -0.482. The smallest absolute Gasteiger partial charge is 0.235 e. The fraction of sp³-hybridized carbons (Fsp3) is 0.609. The second kappa shape index (κ2) is 7.02. The summed E-state index contributed by atoms with van der Waals surface area (Å²) in [6.45, 7) is 12.4. The molecule has 0 aromatic heterocycles. The standard InChI is InChI=1S/C23H32N2O3/c1-14-12-15(2)19(16(3)13-14)24-18(26)8-7-11-25-20(27)17-9-10-23(6,21(25)28)22(17,4)5/h12-13,17H,7-11H2,1-6H3,(H,24,26). The number of piperidine rings is 1. The van der Waals surface area contributed by atoms with Crippen LogP contribution in [0.2, 0.25) is 0 Å². The van der Waals surface area contributed by atoms with Crippen LogP contribution >= 0.6 is 0 Å². The van der Waals surface area contributed by atoms with Crippen molar-refractivity contribution >= 4 is 23.4 Å². The minimum absolute atomic E-state index is 0.0596. The van der Waals surface area contributed by atoms with Gasteiger partial charge < -0.3 is 5.32 Å². The number of fused-ring (bicyclic) bond motifs is 2. The second-order valence-electron chi connectivity index (χ2n) is 9.37. The van der Waals surface area contributed by atoms with E-state index in [2.05, 4.69) is 5.32 Å². The average molecular weight is 385 g/mol. The fourth-order valence-corrected chi connectivity index (χ4v) is 5.09. The molecule has 1 N–H and O–H groups in total. The maximum atomic E-state index is 13.0. The number of amides is 3. The molecule has 1 heterocycles. The van der Waals surface area contributed by atoms with Crippen molar-refractivity contribution in [1.82, 2.24) is 4.90 Å². The molecule has 1 aliphatic carbocycles. The number of anilines is 1. The molecule has 1 aliphatic heterocycles. The van der Waals surface area contributed by atoms with Gasteiger partial charge >= 0.3 is 0 Å². The Morgan fingerprint density at radius 3 is 2.36 bits per heavy atom. The van der Waals surface area contributed by atoms with E-state index in [1.54, 1.807) is 0 Å². The molecule has 0 spiro atoms. The third kappa shape index (κ3) is 3.15. The molecular formula is C23H32N2O3. The molecule has 0 radical (unpaired) electrons. The number of nitrogens with one attached hydrogen (secondary N) is 1. The van der Waals surface area contributed by atoms with E-state index in [9.17, 15) is 14.4 Å². The lowest BCUT2D eigenvalue weighted by atomic mass is 9.62. The largest absolute Gasteiger partial charge is 0.326 e. The van der Waals surface area contributed by atoms with Gasteiger partial charge in [-0.2, -0.15) is 0 Å². The Hall–Kier alpha value is -2.17. The zero-order valence-corrected chi connectivity index (χ0v) is 17.9. The van der Waals surface area contributed by atoms with E-state index in [1.807, 2.05) is 53.7 Å². The molecule has 1 aromatic rings. The van der Waals surface area contributed by atoms with Crippen molar-refractivity contribution in [1.29, 1.82) is 0 Å². The van der Waals surface area contributed by atoms with Crippen LogP contribution in [0.1, 0.15) is 63.1 Å². The maximum absolute atomic E-state index is 13.0. The molecule has 1 aromatic carbocycles. The van der Waals surface area contributed by atoms with E-state index in [1.165, 1.54) is 10.5 Å². The molecule has 2 atom stereocenters. The molecule has 3 amide bonds. The number of carbonyl (C=O) groups is 3. The van der Waals surface area contributed by atoms with Gasteiger partial charge in [-0.1, -0.05) is 38.5 Å². The van der Waals surface area contributed by atoms with E-state index in [0.717, 1.165) is 29.7 Å². The van der Waals surface area contributed by atoms with Crippen molar-refractivity contribution in [2.24, 2.45) is 16.7 Å². The van der Waals surface area contributed by atoms with Crippen LogP contribution in [0.4, 0.5) is 5.69 Å². The van der Waals surface area contributed by atoms with E-state index in [0.29, 0.717) is 13.0 Å².